The number of amides is 1. The molecule has 1 amide bonds. The normalized spacial score (nSPS) is 10.3. The third kappa shape index (κ3) is 4.61. The molecule has 0 radical (unpaired) electrons. The number of benzene rings is 2. The van der Waals surface area contributed by atoms with Crippen LogP contribution in [0.15, 0.2) is 54.6 Å². The fraction of sp³-hybridized carbons (Fsp3) is 0.235. The molecule has 0 aliphatic heterocycles. The monoisotopic (exact) mass is 284 g/mol. The summed E-state index contributed by atoms with van der Waals surface area (Å²) in [5, 5.41) is 9.27. The highest BCUT2D eigenvalue weighted by atomic mass is 16.3. The predicted octanol–water partition coefficient (Wildman–Crippen LogP) is 1.92. The molecule has 0 atom stereocenters. The second-order valence-corrected chi connectivity index (χ2v) is 4.93. The maximum absolute atomic E-state index is 12.4. The number of hydrogen-bond acceptors (Lipinski definition) is 3. The van der Waals surface area contributed by atoms with Gasteiger partial charge in [-0.1, -0.05) is 42.5 Å². The van der Waals surface area contributed by atoms with Crippen molar-refractivity contribution in [2.24, 2.45) is 5.73 Å². The lowest BCUT2D eigenvalue weighted by Crippen LogP contribution is -2.35. The SMILES string of the molecule is NCCN(Cc1ccccc1)C(=O)Cc1ccc(O)cc1. The van der Waals surface area contributed by atoms with Crippen LogP contribution >= 0.6 is 0 Å². The zero-order valence-corrected chi connectivity index (χ0v) is 11.9. The van der Waals surface area contributed by atoms with Crippen LogP contribution in [0, 0.1) is 0 Å². The molecule has 2 aromatic carbocycles. The van der Waals surface area contributed by atoms with Gasteiger partial charge >= 0.3 is 0 Å². The van der Waals surface area contributed by atoms with Crippen molar-refractivity contribution in [1.29, 1.82) is 0 Å². The number of carbonyl (C=O) groups is 1. The second kappa shape index (κ2) is 7.45. The summed E-state index contributed by atoms with van der Waals surface area (Å²) in [6.45, 7) is 1.54. The lowest BCUT2D eigenvalue weighted by Gasteiger charge is -2.22. The zero-order chi connectivity index (χ0) is 15.1. The summed E-state index contributed by atoms with van der Waals surface area (Å²) in [6.07, 6.45) is 0.313. The van der Waals surface area contributed by atoms with E-state index in [1.54, 1.807) is 29.2 Å². The summed E-state index contributed by atoms with van der Waals surface area (Å²) in [4.78, 5) is 14.2. The molecule has 0 unspecified atom stereocenters. The largest absolute Gasteiger partial charge is 0.508 e. The Bertz CT molecular complexity index is 567. The van der Waals surface area contributed by atoms with Gasteiger partial charge in [-0.3, -0.25) is 4.79 Å². The van der Waals surface area contributed by atoms with E-state index in [4.69, 9.17) is 5.73 Å². The van der Waals surface area contributed by atoms with Crippen LogP contribution in [0.1, 0.15) is 11.1 Å². The van der Waals surface area contributed by atoms with E-state index >= 15 is 0 Å². The lowest BCUT2D eigenvalue weighted by molar-refractivity contribution is -0.131. The Morgan fingerprint density at radius 1 is 1.00 bits per heavy atom. The summed E-state index contributed by atoms with van der Waals surface area (Å²) in [5.74, 6) is 0.240. The van der Waals surface area contributed by atoms with E-state index in [1.165, 1.54) is 0 Å². The van der Waals surface area contributed by atoms with Gasteiger partial charge in [0.05, 0.1) is 6.42 Å². The third-order valence-electron chi connectivity index (χ3n) is 3.26. The van der Waals surface area contributed by atoms with Crippen molar-refractivity contribution in [3.63, 3.8) is 0 Å². The minimum absolute atomic E-state index is 0.0370. The lowest BCUT2D eigenvalue weighted by atomic mass is 10.1. The average molecular weight is 284 g/mol. The first-order valence-electron chi connectivity index (χ1n) is 6.98. The third-order valence-corrected chi connectivity index (χ3v) is 3.26. The van der Waals surface area contributed by atoms with Crippen molar-refractivity contribution in [3.05, 3.63) is 65.7 Å². The fourth-order valence-electron chi connectivity index (χ4n) is 2.15. The van der Waals surface area contributed by atoms with Crippen LogP contribution in [0.4, 0.5) is 0 Å². The highest BCUT2D eigenvalue weighted by Crippen LogP contribution is 2.12. The molecule has 0 spiro atoms. The van der Waals surface area contributed by atoms with Gasteiger partial charge in [-0.15, -0.1) is 0 Å². The van der Waals surface area contributed by atoms with Gasteiger partial charge < -0.3 is 15.7 Å². The Balaban J connectivity index is 2.03. The van der Waals surface area contributed by atoms with Crippen LogP contribution in [-0.2, 0) is 17.8 Å². The molecule has 0 aromatic heterocycles. The number of rotatable bonds is 6. The van der Waals surface area contributed by atoms with Crippen LogP contribution in [0.2, 0.25) is 0 Å². The molecule has 3 N–H and O–H groups in total. The molecule has 0 aliphatic rings. The summed E-state index contributed by atoms with van der Waals surface area (Å²) in [5.41, 5.74) is 7.58. The van der Waals surface area contributed by atoms with Crippen molar-refractivity contribution in [2.75, 3.05) is 13.1 Å². The average Bonchev–Trinajstić information content (AvgIpc) is 2.50. The number of phenolic OH excluding ortho intramolecular Hbond substituents is 1. The molecule has 0 fully saturated rings. The fourth-order valence-corrected chi connectivity index (χ4v) is 2.15. The molecule has 0 bridgehead atoms. The maximum Gasteiger partial charge on any atom is 0.227 e. The van der Waals surface area contributed by atoms with Crippen LogP contribution in [-0.4, -0.2) is 29.0 Å². The van der Waals surface area contributed by atoms with Crippen molar-refractivity contribution in [1.82, 2.24) is 4.90 Å². The number of nitrogens with two attached hydrogens (primary N) is 1. The molecule has 4 heteroatoms. The van der Waals surface area contributed by atoms with E-state index in [0.717, 1.165) is 11.1 Å². The molecule has 110 valence electrons. The molecular formula is C17H20N2O2. The van der Waals surface area contributed by atoms with E-state index in [9.17, 15) is 9.90 Å². The van der Waals surface area contributed by atoms with Crippen LogP contribution in [0.3, 0.4) is 0 Å². The molecule has 21 heavy (non-hydrogen) atoms. The van der Waals surface area contributed by atoms with E-state index in [0.29, 0.717) is 26.1 Å². The Kier molecular flexibility index (Phi) is 5.35. The van der Waals surface area contributed by atoms with Gasteiger partial charge in [-0.05, 0) is 23.3 Å². The van der Waals surface area contributed by atoms with E-state index in [1.807, 2.05) is 30.3 Å². The molecule has 2 aromatic rings. The Morgan fingerprint density at radius 2 is 1.67 bits per heavy atom. The minimum atomic E-state index is 0.0370. The second-order valence-electron chi connectivity index (χ2n) is 4.93. The number of hydrogen-bond donors (Lipinski definition) is 2. The summed E-state index contributed by atoms with van der Waals surface area (Å²) in [7, 11) is 0. The highest BCUT2D eigenvalue weighted by Gasteiger charge is 2.13. The van der Waals surface area contributed by atoms with Crippen molar-refractivity contribution < 1.29 is 9.90 Å². The highest BCUT2D eigenvalue weighted by molar-refractivity contribution is 5.78. The summed E-state index contributed by atoms with van der Waals surface area (Å²) >= 11 is 0. The molecule has 0 saturated carbocycles. The molecule has 0 aliphatic carbocycles. The van der Waals surface area contributed by atoms with Crippen LogP contribution < -0.4 is 5.73 Å². The molecule has 2 rings (SSSR count). The van der Waals surface area contributed by atoms with Crippen LogP contribution in [0.5, 0.6) is 5.75 Å². The van der Waals surface area contributed by atoms with Crippen molar-refractivity contribution in [3.8, 4) is 5.75 Å². The summed E-state index contributed by atoms with van der Waals surface area (Å²) in [6, 6.07) is 16.6. The quantitative estimate of drug-likeness (QED) is 0.851. The molecule has 4 nitrogen and oxygen atoms in total. The standard InChI is InChI=1S/C17H20N2O2/c18-10-11-19(13-15-4-2-1-3-5-15)17(21)12-14-6-8-16(20)9-7-14/h1-9,20H,10-13,18H2. The molecule has 0 heterocycles. The van der Waals surface area contributed by atoms with E-state index < -0.39 is 0 Å². The zero-order valence-electron chi connectivity index (χ0n) is 11.9. The van der Waals surface area contributed by atoms with Gasteiger partial charge in [-0.25, -0.2) is 0 Å². The Labute approximate surface area is 124 Å². The van der Waals surface area contributed by atoms with E-state index in [-0.39, 0.29) is 11.7 Å². The van der Waals surface area contributed by atoms with Gasteiger partial charge in [0, 0.05) is 19.6 Å². The first-order valence-corrected chi connectivity index (χ1v) is 6.98. The van der Waals surface area contributed by atoms with Gasteiger partial charge in [0.15, 0.2) is 0 Å². The van der Waals surface area contributed by atoms with Gasteiger partial charge in [-0.2, -0.15) is 0 Å². The topological polar surface area (TPSA) is 66.6 Å². The van der Waals surface area contributed by atoms with Crippen molar-refractivity contribution >= 4 is 5.91 Å². The Hall–Kier alpha value is -2.33. The maximum atomic E-state index is 12.4. The van der Waals surface area contributed by atoms with Gasteiger partial charge in [0.2, 0.25) is 5.91 Å². The van der Waals surface area contributed by atoms with Gasteiger partial charge in [0.1, 0.15) is 5.75 Å². The molecular weight excluding hydrogens is 264 g/mol. The number of carbonyl (C=O) groups excluding carboxylic acids is 1. The first-order chi connectivity index (χ1) is 10.2. The predicted molar refractivity (Wildman–Crippen MR) is 82.7 cm³/mol. The smallest absolute Gasteiger partial charge is 0.227 e. The van der Waals surface area contributed by atoms with E-state index in [2.05, 4.69) is 0 Å². The van der Waals surface area contributed by atoms with Crippen molar-refractivity contribution in [2.45, 2.75) is 13.0 Å². The number of aromatic hydroxyl groups is 1. The minimum Gasteiger partial charge on any atom is -0.508 e. The number of phenols is 1. The van der Waals surface area contributed by atoms with Gasteiger partial charge in [0.25, 0.3) is 0 Å². The number of nitrogens with zero attached hydrogens (tertiary/aromatic N) is 1. The first kappa shape index (κ1) is 15.1. The van der Waals surface area contributed by atoms with Crippen LogP contribution in [0.25, 0.3) is 0 Å². The Morgan fingerprint density at radius 3 is 2.29 bits per heavy atom. The molecule has 0 saturated heterocycles. The summed E-state index contributed by atoms with van der Waals surface area (Å²) < 4.78 is 0.